The molecule has 0 bridgehead atoms. The minimum Gasteiger partial charge on any atom is -0.494 e. The van der Waals surface area contributed by atoms with Crippen LogP contribution in [0.15, 0.2) is 42.5 Å². The van der Waals surface area contributed by atoms with Gasteiger partial charge in [-0.15, -0.1) is 0 Å². The monoisotopic (exact) mass is 420 g/mol. The summed E-state index contributed by atoms with van der Waals surface area (Å²) in [5, 5.41) is 4.07. The molecule has 0 radical (unpaired) electrons. The van der Waals surface area contributed by atoms with Crippen molar-refractivity contribution in [3.05, 3.63) is 58.1 Å². The Morgan fingerprint density at radius 2 is 1.96 bits per heavy atom. The Balaban J connectivity index is 1.53. The number of nitrogens with one attached hydrogen (secondary N) is 1. The van der Waals surface area contributed by atoms with Crippen molar-refractivity contribution in [1.29, 1.82) is 0 Å². The van der Waals surface area contributed by atoms with Gasteiger partial charge in [-0.05, 0) is 55.3 Å². The van der Waals surface area contributed by atoms with Gasteiger partial charge in [0.15, 0.2) is 0 Å². The molecule has 1 aliphatic rings. The molecule has 0 unspecified atom stereocenters. The van der Waals surface area contributed by atoms with Gasteiger partial charge < -0.3 is 15.0 Å². The zero-order valence-electron chi connectivity index (χ0n) is 15.6. The first-order valence-electron chi connectivity index (χ1n) is 9.22. The lowest BCUT2D eigenvalue weighted by Crippen LogP contribution is -2.34. The van der Waals surface area contributed by atoms with Gasteiger partial charge in [-0.2, -0.15) is 0 Å². The number of rotatable bonds is 7. The van der Waals surface area contributed by atoms with E-state index in [1.165, 1.54) is 0 Å². The van der Waals surface area contributed by atoms with Crippen molar-refractivity contribution in [2.75, 3.05) is 24.6 Å². The normalized spacial score (nSPS) is 16.3. The molecule has 1 N–H and O–H groups in total. The van der Waals surface area contributed by atoms with E-state index in [1.54, 1.807) is 17.0 Å². The van der Waals surface area contributed by atoms with Crippen LogP contribution in [0.2, 0.25) is 10.0 Å². The van der Waals surface area contributed by atoms with E-state index in [1.807, 2.05) is 37.3 Å². The Bertz CT molecular complexity index is 855. The number of anilines is 1. The van der Waals surface area contributed by atoms with E-state index < -0.39 is 0 Å². The Morgan fingerprint density at radius 1 is 1.21 bits per heavy atom. The van der Waals surface area contributed by atoms with E-state index in [0.717, 1.165) is 17.0 Å². The van der Waals surface area contributed by atoms with Gasteiger partial charge in [0, 0.05) is 35.2 Å². The fraction of sp³-hybridized carbons (Fsp3) is 0.333. The standard InChI is InChI=1S/C21H22Cl2N2O3/c1-2-28-18-7-5-17(6-8-18)25-13-15(11-20(25)26)21(27)24-10-9-14-3-4-16(22)12-19(14)23/h3-8,12,15H,2,9-11,13H2,1H3,(H,24,27)/t15-/m0/s1. The highest BCUT2D eigenvalue weighted by atomic mass is 35.5. The second-order valence-corrected chi connectivity index (χ2v) is 7.45. The summed E-state index contributed by atoms with van der Waals surface area (Å²) in [6.07, 6.45) is 0.811. The highest BCUT2D eigenvalue weighted by molar-refractivity contribution is 6.35. The fourth-order valence-electron chi connectivity index (χ4n) is 3.21. The van der Waals surface area contributed by atoms with Crippen molar-refractivity contribution in [2.24, 2.45) is 5.92 Å². The van der Waals surface area contributed by atoms with Gasteiger partial charge in [-0.3, -0.25) is 9.59 Å². The van der Waals surface area contributed by atoms with Crippen molar-refractivity contribution in [2.45, 2.75) is 19.8 Å². The molecule has 1 aliphatic heterocycles. The molecule has 1 saturated heterocycles. The molecule has 28 heavy (non-hydrogen) atoms. The number of halogens is 2. The third-order valence-electron chi connectivity index (χ3n) is 4.66. The Labute approximate surface area is 174 Å². The molecule has 148 valence electrons. The minimum absolute atomic E-state index is 0.0509. The summed E-state index contributed by atoms with van der Waals surface area (Å²) in [4.78, 5) is 26.5. The highest BCUT2D eigenvalue weighted by Gasteiger charge is 2.34. The molecule has 2 aromatic carbocycles. The average molecular weight is 421 g/mol. The van der Waals surface area contributed by atoms with E-state index in [2.05, 4.69) is 5.32 Å². The van der Waals surface area contributed by atoms with Crippen LogP contribution in [-0.4, -0.2) is 31.5 Å². The average Bonchev–Trinajstić information content (AvgIpc) is 3.06. The van der Waals surface area contributed by atoms with Crippen LogP contribution < -0.4 is 15.0 Å². The van der Waals surface area contributed by atoms with Crippen molar-refractivity contribution >= 4 is 40.7 Å². The van der Waals surface area contributed by atoms with Crippen LogP contribution in [0.5, 0.6) is 5.75 Å². The molecule has 0 saturated carbocycles. The number of ether oxygens (including phenoxy) is 1. The summed E-state index contributed by atoms with van der Waals surface area (Å²) in [7, 11) is 0. The quantitative estimate of drug-likeness (QED) is 0.732. The molecular formula is C21H22Cl2N2O3. The molecule has 2 amide bonds. The molecular weight excluding hydrogens is 399 g/mol. The molecule has 0 spiro atoms. The maximum Gasteiger partial charge on any atom is 0.227 e. The predicted molar refractivity (Wildman–Crippen MR) is 111 cm³/mol. The molecule has 0 aromatic heterocycles. The molecule has 7 heteroatoms. The third-order valence-corrected chi connectivity index (χ3v) is 5.25. The first kappa shape index (κ1) is 20.5. The van der Waals surface area contributed by atoms with E-state index in [4.69, 9.17) is 27.9 Å². The van der Waals surface area contributed by atoms with E-state index in [-0.39, 0.29) is 24.2 Å². The van der Waals surface area contributed by atoms with Gasteiger partial charge in [0.2, 0.25) is 11.8 Å². The number of carbonyl (C=O) groups is 2. The summed E-state index contributed by atoms with van der Waals surface area (Å²) in [5.74, 6) is 0.227. The van der Waals surface area contributed by atoms with Crippen molar-refractivity contribution < 1.29 is 14.3 Å². The van der Waals surface area contributed by atoms with Gasteiger partial charge >= 0.3 is 0 Å². The first-order valence-corrected chi connectivity index (χ1v) is 9.98. The Kier molecular flexibility index (Phi) is 6.81. The zero-order chi connectivity index (χ0) is 20.1. The van der Waals surface area contributed by atoms with Gasteiger partial charge in [-0.1, -0.05) is 29.3 Å². The third kappa shape index (κ3) is 4.97. The first-order chi connectivity index (χ1) is 13.5. The second kappa shape index (κ2) is 9.30. The lowest BCUT2D eigenvalue weighted by atomic mass is 10.1. The largest absolute Gasteiger partial charge is 0.494 e. The second-order valence-electron chi connectivity index (χ2n) is 6.61. The molecule has 3 rings (SSSR count). The molecule has 1 atom stereocenters. The number of carbonyl (C=O) groups excluding carboxylic acids is 2. The van der Waals surface area contributed by atoms with Crippen LogP contribution >= 0.6 is 23.2 Å². The fourth-order valence-corrected chi connectivity index (χ4v) is 3.71. The summed E-state index contributed by atoms with van der Waals surface area (Å²) in [6.45, 7) is 3.34. The number of nitrogens with zero attached hydrogens (tertiary/aromatic N) is 1. The molecule has 0 aliphatic carbocycles. The van der Waals surface area contributed by atoms with Crippen LogP contribution in [0.1, 0.15) is 18.9 Å². The van der Waals surface area contributed by atoms with Gasteiger partial charge in [0.1, 0.15) is 5.75 Å². The van der Waals surface area contributed by atoms with Crippen molar-refractivity contribution in [3.8, 4) is 5.75 Å². The van der Waals surface area contributed by atoms with E-state index >= 15 is 0 Å². The molecule has 5 nitrogen and oxygen atoms in total. The zero-order valence-corrected chi connectivity index (χ0v) is 17.1. The number of amides is 2. The summed E-state index contributed by atoms with van der Waals surface area (Å²) < 4.78 is 5.42. The Hall–Kier alpha value is -2.24. The number of benzene rings is 2. The summed E-state index contributed by atoms with van der Waals surface area (Å²) >= 11 is 12.0. The maximum absolute atomic E-state index is 12.5. The van der Waals surface area contributed by atoms with Gasteiger partial charge in [-0.25, -0.2) is 0 Å². The minimum atomic E-state index is -0.361. The molecule has 1 heterocycles. The highest BCUT2D eigenvalue weighted by Crippen LogP contribution is 2.27. The molecule has 1 fully saturated rings. The SMILES string of the molecule is CCOc1ccc(N2C[C@@H](C(=O)NCCc3ccc(Cl)cc3Cl)CC2=O)cc1. The van der Waals surface area contributed by atoms with Gasteiger partial charge in [0.25, 0.3) is 0 Å². The van der Waals surface area contributed by atoms with Crippen LogP contribution in [0.4, 0.5) is 5.69 Å². The van der Waals surface area contributed by atoms with Gasteiger partial charge in [0.05, 0.1) is 12.5 Å². The van der Waals surface area contributed by atoms with Crippen molar-refractivity contribution in [3.63, 3.8) is 0 Å². The topological polar surface area (TPSA) is 58.6 Å². The van der Waals surface area contributed by atoms with E-state index in [0.29, 0.717) is 36.2 Å². The molecule has 2 aromatic rings. The predicted octanol–water partition coefficient (Wildman–Crippen LogP) is 4.10. The van der Waals surface area contributed by atoms with Crippen molar-refractivity contribution in [1.82, 2.24) is 5.32 Å². The summed E-state index contributed by atoms with van der Waals surface area (Å²) in [6, 6.07) is 12.6. The lowest BCUT2D eigenvalue weighted by Gasteiger charge is -2.17. The number of hydrogen-bond donors (Lipinski definition) is 1. The number of hydrogen-bond acceptors (Lipinski definition) is 3. The van der Waals surface area contributed by atoms with Crippen LogP contribution in [0.25, 0.3) is 0 Å². The maximum atomic E-state index is 12.5. The lowest BCUT2D eigenvalue weighted by molar-refractivity contribution is -0.126. The van der Waals surface area contributed by atoms with Crippen LogP contribution in [-0.2, 0) is 16.0 Å². The van der Waals surface area contributed by atoms with Crippen LogP contribution in [0, 0.1) is 5.92 Å². The smallest absolute Gasteiger partial charge is 0.227 e. The van der Waals surface area contributed by atoms with E-state index in [9.17, 15) is 9.59 Å². The Morgan fingerprint density at radius 3 is 2.64 bits per heavy atom. The summed E-state index contributed by atoms with van der Waals surface area (Å²) in [5.41, 5.74) is 1.70. The van der Waals surface area contributed by atoms with Crippen LogP contribution in [0.3, 0.4) is 0 Å².